The summed E-state index contributed by atoms with van der Waals surface area (Å²) in [5, 5.41) is 9.83. The van der Waals surface area contributed by atoms with Crippen LogP contribution in [0.3, 0.4) is 0 Å². The van der Waals surface area contributed by atoms with Crippen molar-refractivity contribution in [2.24, 2.45) is 5.92 Å². The molecule has 0 bridgehead atoms. The van der Waals surface area contributed by atoms with E-state index in [0.29, 0.717) is 25.3 Å². The van der Waals surface area contributed by atoms with Gasteiger partial charge in [0.15, 0.2) is 5.76 Å². The van der Waals surface area contributed by atoms with Gasteiger partial charge in [0.25, 0.3) is 5.91 Å². The molecule has 5 nitrogen and oxygen atoms in total. The Bertz CT molecular complexity index is 777. The van der Waals surface area contributed by atoms with E-state index in [1.165, 1.54) is 0 Å². The molecule has 24 heavy (non-hydrogen) atoms. The van der Waals surface area contributed by atoms with Crippen LogP contribution in [0.25, 0.3) is 11.0 Å². The van der Waals surface area contributed by atoms with Crippen molar-refractivity contribution in [2.75, 3.05) is 13.1 Å². The Balaban J connectivity index is 1.80. The van der Waals surface area contributed by atoms with Gasteiger partial charge in [-0.2, -0.15) is 0 Å². The fourth-order valence-electron chi connectivity index (χ4n) is 3.54. The van der Waals surface area contributed by atoms with Crippen molar-refractivity contribution in [3.05, 3.63) is 35.1 Å². The van der Waals surface area contributed by atoms with Crippen molar-refractivity contribution < 1.29 is 19.1 Å². The maximum atomic E-state index is 12.9. The minimum absolute atomic E-state index is 0.0804. The first-order chi connectivity index (χ1) is 11.5. The van der Waals surface area contributed by atoms with E-state index >= 15 is 0 Å². The monoisotopic (exact) mass is 329 g/mol. The number of furan rings is 1. The number of aryl methyl sites for hydroxylation is 2. The van der Waals surface area contributed by atoms with Gasteiger partial charge in [0, 0.05) is 30.5 Å². The number of nitrogens with zero attached hydrogens (tertiary/aromatic N) is 1. The summed E-state index contributed by atoms with van der Waals surface area (Å²) in [4.78, 5) is 25.5. The highest BCUT2D eigenvalue weighted by atomic mass is 16.4. The number of rotatable bonds is 4. The van der Waals surface area contributed by atoms with Gasteiger partial charge in [-0.25, -0.2) is 0 Å². The third-order valence-electron chi connectivity index (χ3n) is 4.93. The Morgan fingerprint density at radius 1 is 1.33 bits per heavy atom. The number of amides is 1. The van der Waals surface area contributed by atoms with E-state index in [2.05, 4.69) is 0 Å². The van der Waals surface area contributed by atoms with E-state index in [0.717, 1.165) is 34.9 Å². The highest BCUT2D eigenvalue weighted by Gasteiger charge is 2.28. The number of carboxylic acid groups (broad SMARTS) is 1. The van der Waals surface area contributed by atoms with Crippen LogP contribution < -0.4 is 0 Å². The van der Waals surface area contributed by atoms with Crippen molar-refractivity contribution >= 4 is 22.8 Å². The molecule has 3 rings (SSSR count). The molecular formula is C19H23NO4. The number of para-hydroxylation sites is 1. The Hall–Kier alpha value is -2.30. The summed E-state index contributed by atoms with van der Waals surface area (Å²) in [6.07, 6.45) is 2.68. The van der Waals surface area contributed by atoms with E-state index in [1.54, 1.807) is 0 Å². The summed E-state index contributed by atoms with van der Waals surface area (Å²) < 4.78 is 5.89. The Labute approximate surface area is 141 Å². The maximum absolute atomic E-state index is 12.9. The standard InChI is InChI=1S/C19H23NO4/c1-12-5-3-7-15-13(2)18(24-17(12)15)19(23)20-10-4-6-14(11-20)8-9-16(21)22/h3,5,7,14H,4,6,8-11H2,1-2H3,(H,21,22). The summed E-state index contributed by atoms with van der Waals surface area (Å²) in [6.45, 7) is 5.21. The number of hydrogen-bond acceptors (Lipinski definition) is 3. The van der Waals surface area contributed by atoms with Crippen LogP contribution in [0.15, 0.2) is 22.6 Å². The summed E-state index contributed by atoms with van der Waals surface area (Å²) in [6, 6.07) is 5.92. The number of benzene rings is 1. The van der Waals surface area contributed by atoms with Gasteiger partial charge in [0.2, 0.25) is 0 Å². The number of hydrogen-bond donors (Lipinski definition) is 1. The van der Waals surface area contributed by atoms with Gasteiger partial charge >= 0.3 is 5.97 Å². The van der Waals surface area contributed by atoms with Crippen LogP contribution in [-0.4, -0.2) is 35.0 Å². The van der Waals surface area contributed by atoms with E-state index in [9.17, 15) is 9.59 Å². The number of carbonyl (C=O) groups excluding carboxylic acids is 1. The van der Waals surface area contributed by atoms with Crippen LogP contribution in [0.1, 0.15) is 47.4 Å². The second kappa shape index (κ2) is 6.67. The summed E-state index contributed by atoms with van der Waals surface area (Å²) in [5.41, 5.74) is 2.68. The largest absolute Gasteiger partial charge is 0.481 e. The molecule has 128 valence electrons. The third kappa shape index (κ3) is 3.16. The first-order valence-corrected chi connectivity index (χ1v) is 8.47. The molecule has 1 aromatic heterocycles. The first kappa shape index (κ1) is 16.6. The lowest BCUT2D eigenvalue weighted by Gasteiger charge is -2.32. The average Bonchev–Trinajstić information content (AvgIpc) is 2.91. The molecule has 1 aliphatic rings. The van der Waals surface area contributed by atoms with Crippen molar-refractivity contribution in [3.63, 3.8) is 0 Å². The molecule has 0 radical (unpaired) electrons. The molecule has 2 aromatic rings. The van der Waals surface area contributed by atoms with Gasteiger partial charge in [0.1, 0.15) is 5.58 Å². The molecule has 1 unspecified atom stereocenters. The molecule has 1 N–H and O–H groups in total. The Morgan fingerprint density at radius 2 is 2.12 bits per heavy atom. The highest BCUT2D eigenvalue weighted by molar-refractivity contribution is 5.99. The lowest BCUT2D eigenvalue weighted by molar-refractivity contribution is -0.137. The van der Waals surface area contributed by atoms with Crippen LogP contribution in [0.2, 0.25) is 0 Å². The topological polar surface area (TPSA) is 70.8 Å². The maximum Gasteiger partial charge on any atom is 0.303 e. The zero-order chi connectivity index (χ0) is 17.3. The normalized spacial score (nSPS) is 18.1. The highest BCUT2D eigenvalue weighted by Crippen LogP contribution is 2.30. The van der Waals surface area contributed by atoms with Crippen LogP contribution in [0.4, 0.5) is 0 Å². The second-order valence-electron chi connectivity index (χ2n) is 6.70. The van der Waals surface area contributed by atoms with Gasteiger partial charge in [-0.3, -0.25) is 9.59 Å². The number of carbonyl (C=O) groups is 2. The summed E-state index contributed by atoms with van der Waals surface area (Å²) >= 11 is 0. The molecule has 0 saturated carbocycles. The molecule has 1 atom stereocenters. The Morgan fingerprint density at radius 3 is 2.83 bits per heavy atom. The number of aliphatic carboxylic acids is 1. The van der Waals surface area contributed by atoms with Gasteiger partial charge in [-0.05, 0) is 44.6 Å². The molecule has 2 heterocycles. The third-order valence-corrected chi connectivity index (χ3v) is 4.93. The van der Waals surface area contributed by atoms with Crippen LogP contribution in [0, 0.1) is 19.8 Å². The zero-order valence-electron chi connectivity index (χ0n) is 14.2. The summed E-state index contributed by atoms with van der Waals surface area (Å²) in [7, 11) is 0. The lowest BCUT2D eigenvalue weighted by Crippen LogP contribution is -2.40. The van der Waals surface area contributed by atoms with Crippen molar-refractivity contribution in [2.45, 2.75) is 39.5 Å². The molecule has 0 aliphatic carbocycles. The van der Waals surface area contributed by atoms with Crippen LogP contribution in [-0.2, 0) is 4.79 Å². The molecule has 0 spiro atoms. The molecule has 1 fully saturated rings. The predicted molar refractivity (Wildman–Crippen MR) is 91.2 cm³/mol. The smallest absolute Gasteiger partial charge is 0.303 e. The van der Waals surface area contributed by atoms with Gasteiger partial charge < -0.3 is 14.4 Å². The van der Waals surface area contributed by atoms with E-state index in [4.69, 9.17) is 9.52 Å². The quantitative estimate of drug-likeness (QED) is 0.927. The van der Waals surface area contributed by atoms with Gasteiger partial charge in [-0.1, -0.05) is 18.2 Å². The predicted octanol–water partition coefficient (Wildman–Crippen LogP) is 3.77. The molecular weight excluding hydrogens is 306 g/mol. The number of piperidine rings is 1. The van der Waals surface area contributed by atoms with Crippen molar-refractivity contribution in [1.82, 2.24) is 4.90 Å². The zero-order valence-corrected chi connectivity index (χ0v) is 14.2. The van der Waals surface area contributed by atoms with Crippen molar-refractivity contribution in [3.8, 4) is 0 Å². The minimum atomic E-state index is -0.776. The second-order valence-corrected chi connectivity index (χ2v) is 6.70. The lowest BCUT2D eigenvalue weighted by atomic mass is 9.93. The van der Waals surface area contributed by atoms with Gasteiger partial charge in [0.05, 0.1) is 0 Å². The number of fused-ring (bicyclic) bond motifs is 1. The number of likely N-dealkylation sites (tertiary alicyclic amines) is 1. The van der Waals surface area contributed by atoms with E-state index < -0.39 is 5.97 Å². The van der Waals surface area contributed by atoms with E-state index in [1.807, 2.05) is 36.9 Å². The first-order valence-electron chi connectivity index (χ1n) is 8.47. The fourth-order valence-corrected chi connectivity index (χ4v) is 3.54. The molecule has 1 saturated heterocycles. The molecule has 1 aromatic carbocycles. The van der Waals surface area contributed by atoms with E-state index in [-0.39, 0.29) is 18.2 Å². The minimum Gasteiger partial charge on any atom is -0.481 e. The molecule has 1 aliphatic heterocycles. The molecule has 1 amide bonds. The van der Waals surface area contributed by atoms with Gasteiger partial charge in [-0.15, -0.1) is 0 Å². The van der Waals surface area contributed by atoms with Crippen LogP contribution in [0.5, 0.6) is 0 Å². The SMILES string of the molecule is Cc1c(C(=O)N2CCCC(CCC(=O)O)C2)oc2c(C)cccc12. The molecule has 5 heteroatoms. The van der Waals surface area contributed by atoms with Crippen molar-refractivity contribution in [1.29, 1.82) is 0 Å². The number of carboxylic acids is 1. The fraction of sp³-hybridized carbons (Fsp3) is 0.474. The average molecular weight is 329 g/mol. The van der Waals surface area contributed by atoms with Crippen LogP contribution >= 0.6 is 0 Å². The Kier molecular flexibility index (Phi) is 4.60. The summed E-state index contributed by atoms with van der Waals surface area (Å²) in [5.74, 6) is -0.186.